The molecule has 8 nitrogen and oxygen atoms in total. The van der Waals surface area contributed by atoms with Gasteiger partial charge in [0.15, 0.2) is 11.5 Å². The summed E-state index contributed by atoms with van der Waals surface area (Å²) in [5, 5.41) is 14.8. The normalized spacial score (nSPS) is 10.8. The minimum atomic E-state index is -0.562. The van der Waals surface area contributed by atoms with Gasteiger partial charge < -0.3 is 9.47 Å². The van der Waals surface area contributed by atoms with Gasteiger partial charge in [0, 0.05) is 22.2 Å². The number of hydrogen-bond acceptors (Lipinski definition) is 6. The minimum absolute atomic E-state index is 0.134. The first-order valence-electron chi connectivity index (χ1n) is 9.79. The zero-order valence-electron chi connectivity index (χ0n) is 17.5. The molecule has 0 aliphatic carbocycles. The SMILES string of the molecule is CCOc1cc(/C=N/NC(=O)c2cccc([N+](=O)[O-])c2)cc(Br)c1OCc1ccc(Br)cc1. The number of ether oxygens (including phenoxy) is 2. The lowest BCUT2D eigenvalue weighted by molar-refractivity contribution is -0.384. The molecule has 0 radical (unpaired) electrons. The van der Waals surface area contributed by atoms with E-state index in [4.69, 9.17) is 9.47 Å². The minimum Gasteiger partial charge on any atom is -0.490 e. The molecule has 3 aromatic carbocycles. The molecule has 0 aliphatic heterocycles. The Hall–Kier alpha value is -3.24. The van der Waals surface area contributed by atoms with E-state index in [1.807, 2.05) is 31.2 Å². The Morgan fingerprint density at radius 2 is 1.88 bits per heavy atom. The van der Waals surface area contributed by atoms with Gasteiger partial charge in [0.25, 0.3) is 11.6 Å². The smallest absolute Gasteiger partial charge is 0.271 e. The van der Waals surface area contributed by atoms with Gasteiger partial charge in [0.05, 0.1) is 22.2 Å². The highest BCUT2D eigenvalue weighted by atomic mass is 79.9. The van der Waals surface area contributed by atoms with E-state index in [-0.39, 0.29) is 11.3 Å². The van der Waals surface area contributed by atoms with Crippen LogP contribution in [0.3, 0.4) is 0 Å². The molecule has 0 aromatic heterocycles. The van der Waals surface area contributed by atoms with Gasteiger partial charge in [-0.15, -0.1) is 0 Å². The van der Waals surface area contributed by atoms with Crippen LogP contribution in [0.4, 0.5) is 5.69 Å². The van der Waals surface area contributed by atoms with Crippen LogP contribution in [0.2, 0.25) is 0 Å². The van der Waals surface area contributed by atoms with Crippen LogP contribution >= 0.6 is 31.9 Å². The summed E-state index contributed by atoms with van der Waals surface area (Å²) in [6.45, 7) is 2.66. The molecule has 0 heterocycles. The first kappa shape index (κ1) is 24.4. The van der Waals surface area contributed by atoms with Gasteiger partial charge >= 0.3 is 0 Å². The quantitative estimate of drug-likeness (QED) is 0.195. The molecule has 0 atom stereocenters. The van der Waals surface area contributed by atoms with Gasteiger partial charge in [-0.2, -0.15) is 5.10 Å². The van der Waals surface area contributed by atoms with Crippen molar-refractivity contribution in [1.29, 1.82) is 0 Å². The molecule has 170 valence electrons. The number of carbonyl (C=O) groups excluding carboxylic acids is 1. The Balaban J connectivity index is 1.72. The third-order valence-corrected chi connectivity index (χ3v) is 5.44. The number of nitro benzene ring substituents is 1. The van der Waals surface area contributed by atoms with E-state index in [2.05, 4.69) is 42.4 Å². The fourth-order valence-electron chi connectivity index (χ4n) is 2.79. The van der Waals surface area contributed by atoms with Crippen molar-refractivity contribution in [2.24, 2.45) is 5.10 Å². The predicted molar refractivity (Wildman–Crippen MR) is 132 cm³/mol. The highest BCUT2D eigenvalue weighted by Crippen LogP contribution is 2.37. The Kier molecular flexibility index (Phi) is 8.56. The van der Waals surface area contributed by atoms with Crippen LogP contribution < -0.4 is 14.9 Å². The number of hydrogen-bond donors (Lipinski definition) is 1. The van der Waals surface area contributed by atoms with Gasteiger partial charge in [-0.05, 0) is 64.3 Å². The molecule has 33 heavy (non-hydrogen) atoms. The maximum Gasteiger partial charge on any atom is 0.271 e. The number of nitro groups is 1. The van der Waals surface area contributed by atoms with Gasteiger partial charge in [-0.25, -0.2) is 5.43 Å². The summed E-state index contributed by atoms with van der Waals surface area (Å²) in [6.07, 6.45) is 1.45. The molecular formula is C23H19Br2N3O5. The number of non-ortho nitro benzene ring substituents is 1. The van der Waals surface area contributed by atoms with Crippen molar-refractivity contribution < 1.29 is 19.2 Å². The van der Waals surface area contributed by atoms with E-state index >= 15 is 0 Å². The maximum atomic E-state index is 12.2. The second-order valence-corrected chi connectivity index (χ2v) is 8.45. The molecule has 0 saturated heterocycles. The summed E-state index contributed by atoms with van der Waals surface area (Å²) in [4.78, 5) is 22.6. The molecule has 0 bridgehead atoms. The Morgan fingerprint density at radius 1 is 1.12 bits per heavy atom. The molecule has 0 unspecified atom stereocenters. The number of halogens is 2. The molecule has 0 fully saturated rings. The molecule has 3 rings (SSSR count). The first-order valence-corrected chi connectivity index (χ1v) is 11.4. The van der Waals surface area contributed by atoms with E-state index in [9.17, 15) is 14.9 Å². The second-order valence-electron chi connectivity index (χ2n) is 6.68. The van der Waals surface area contributed by atoms with Gasteiger partial charge in [-0.1, -0.05) is 34.1 Å². The topological polar surface area (TPSA) is 103 Å². The maximum absolute atomic E-state index is 12.2. The standard InChI is InChI=1S/C23H19Br2N3O5/c1-2-32-21-11-16(10-20(25)22(21)33-14-15-6-8-18(24)9-7-15)13-26-27-23(29)17-4-3-5-19(12-17)28(30)31/h3-13H,2,14H2,1H3,(H,27,29)/b26-13+. The highest BCUT2D eigenvalue weighted by Gasteiger charge is 2.13. The van der Waals surface area contributed by atoms with Crippen LogP contribution in [0.25, 0.3) is 0 Å². The van der Waals surface area contributed by atoms with E-state index in [1.165, 1.54) is 30.5 Å². The van der Waals surface area contributed by atoms with Gasteiger partial charge in [-0.3, -0.25) is 14.9 Å². The number of hydrazone groups is 1. The van der Waals surface area contributed by atoms with Crippen molar-refractivity contribution in [3.63, 3.8) is 0 Å². The molecule has 3 aromatic rings. The molecule has 1 N–H and O–H groups in total. The molecular weight excluding hydrogens is 558 g/mol. The van der Waals surface area contributed by atoms with Crippen LogP contribution in [-0.2, 0) is 6.61 Å². The number of carbonyl (C=O) groups is 1. The van der Waals surface area contributed by atoms with Crippen LogP contribution in [-0.4, -0.2) is 23.7 Å². The first-order chi connectivity index (χ1) is 15.9. The predicted octanol–water partition coefficient (Wildman–Crippen LogP) is 5.86. The van der Waals surface area contributed by atoms with Crippen molar-refractivity contribution in [2.45, 2.75) is 13.5 Å². The zero-order chi connectivity index (χ0) is 23.8. The van der Waals surface area contributed by atoms with E-state index in [0.717, 1.165) is 10.0 Å². The zero-order valence-corrected chi connectivity index (χ0v) is 20.6. The average Bonchev–Trinajstić information content (AvgIpc) is 2.80. The summed E-state index contributed by atoms with van der Waals surface area (Å²) in [5.41, 5.74) is 3.99. The number of benzene rings is 3. The van der Waals surface area contributed by atoms with Crippen LogP contribution in [0.5, 0.6) is 11.5 Å². The molecule has 10 heteroatoms. The highest BCUT2D eigenvalue weighted by molar-refractivity contribution is 9.10. The fraction of sp³-hybridized carbons (Fsp3) is 0.130. The monoisotopic (exact) mass is 575 g/mol. The summed E-state index contributed by atoms with van der Waals surface area (Å²) >= 11 is 6.92. The van der Waals surface area contributed by atoms with Crippen LogP contribution in [0, 0.1) is 10.1 Å². The van der Waals surface area contributed by atoms with Crippen LogP contribution in [0.15, 0.2) is 74.7 Å². The summed E-state index contributed by atoms with van der Waals surface area (Å²) < 4.78 is 13.4. The Bertz CT molecular complexity index is 1180. The Morgan fingerprint density at radius 3 is 2.58 bits per heavy atom. The molecule has 1 amide bonds. The summed E-state index contributed by atoms with van der Waals surface area (Å²) in [5.74, 6) is 0.515. The summed E-state index contributed by atoms with van der Waals surface area (Å²) in [6, 6.07) is 16.7. The third-order valence-electron chi connectivity index (χ3n) is 4.33. The number of rotatable bonds is 9. The van der Waals surface area contributed by atoms with E-state index in [1.54, 1.807) is 12.1 Å². The average molecular weight is 577 g/mol. The van der Waals surface area contributed by atoms with E-state index < -0.39 is 10.8 Å². The summed E-state index contributed by atoms with van der Waals surface area (Å²) in [7, 11) is 0. The number of nitrogens with zero attached hydrogens (tertiary/aromatic N) is 2. The largest absolute Gasteiger partial charge is 0.490 e. The van der Waals surface area contributed by atoms with E-state index in [0.29, 0.717) is 34.7 Å². The lowest BCUT2D eigenvalue weighted by Gasteiger charge is -2.14. The third kappa shape index (κ3) is 6.87. The van der Waals surface area contributed by atoms with Crippen molar-refractivity contribution in [3.8, 4) is 11.5 Å². The molecule has 0 aliphatic rings. The fourth-order valence-corrected chi connectivity index (χ4v) is 3.63. The number of amides is 1. The Labute approximate surface area is 207 Å². The van der Waals surface area contributed by atoms with Gasteiger partial charge in [0.2, 0.25) is 0 Å². The van der Waals surface area contributed by atoms with Crippen molar-refractivity contribution >= 4 is 49.7 Å². The van der Waals surface area contributed by atoms with Crippen LogP contribution in [0.1, 0.15) is 28.4 Å². The lowest BCUT2D eigenvalue weighted by Crippen LogP contribution is -2.17. The molecule has 0 spiro atoms. The molecule has 0 saturated carbocycles. The van der Waals surface area contributed by atoms with Gasteiger partial charge in [0.1, 0.15) is 6.61 Å². The number of nitrogens with one attached hydrogen (secondary N) is 1. The van der Waals surface area contributed by atoms with Crippen molar-refractivity contribution in [2.75, 3.05) is 6.61 Å². The van der Waals surface area contributed by atoms with Crippen molar-refractivity contribution in [3.05, 3.63) is 96.4 Å². The second kappa shape index (κ2) is 11.6. The van der Waals surface area contributed by atoms with Crippen molar-refractivity contribution in [1.82, 2.24) is 5.43 Å². The lowest BCUT2D eigenvalue weighted by atomic mass is 10.2.